The first-order valence-electron chi connectivity index (χ1n) is 9.50. The fourth-order valence-corrected chi connectivity index (χ4v) is 3.38. The van der Waals surface area contributed by atoms with Gasteiger partial charge in [-0.15, -0.1) is 0 Å². The molecule has 0 radical (unpaired) electrons. The standard InChI is InChI=1S/C22H30N2O2/c1-18-14-19(2)16-21(15-18)26-17-22(20-6-4-3-5-7-20)23-8-9-24-10-12-25-13-11-24/h3-7,14-16,22-23H,8-13,17H2,1-2H3. The number of nitrogens with zero attached hydrogens (tertiary/aromatic N) is 1. The van der Waals surface area contributed by atoms with E-state index < -0.39 is 0 Å². The van der Waals surface area contributed by atoms with Crippen LogP contribution in [0.5, 0.6) is 5.75 Å². The average molecular weight is 354 g/mol. The first-order valence-corrected chi connectivity index (χ1v) is 9.50. The monoisotopic (exact) mass is 354 g/mol. The van der Waals surface area contributed by atoms with Gasteiger partial charge < -0.3 is 14.8 Å². The van der Waals surface area contributed by atoms with Crippen LogP contribution >= 0.6 is 0 Å². The van der Waals surface area contributed by atoms with Crippen molar-refractivity contribution in [1.82, 2.24) is 10.2 Å². The Labute approximate surface area is 157 Å². The van der Waals surface area contributed by atoms with Gasteiger partial charge in [-0.2, -0.15) is 0 Å². The van der Waals surface area contributed by atoms with Gasteiger partial charge >= 0.3 is 0 Å². The molecule has 1 fully saturated rings. The quantitative estimate of drug-likeness (QED) is 0.788. The zero-order valence-corrected chi connectivity index (χ0v) is 15.9. The predicted molar refractivity (Wildman–Crippen MR) is 106 cm³/mol. The Morgan fingerprint density at radius 1 is 1.04 bits per heavy atom. The lowest BCUT2D eigenvalue weighted by Gasteiger charge is -2.28. The van der Waals surface area contributed by atoms with Crippen LogP contribution in [0.4, 0.5) is 0 Å². The van der Waals surface area contributed by atoms with Crippen molar-refractivity contribution in [2.45, 2.75) is 19.9 Å². The van der Waals surface area contributed by atoms with Crippen LogP contribution in [0, 0.1) is 13.8 Å². The zero-order valence-electron chi connectivity index (χ0n) is 15.9. The Balaban J connectivity index is 1.58. The summed E-state index contributed by atoms with van der Waals surface area (Å²) in [4.78, 5) is 2.45. The van der Waals surface area contributed by atoms with Gasteiger partial charge in [0.25, 0.3) is 0 Å². The van der Waals surface area contributed by atoms with Crippen LogP contribution in [0.1, 0.15) is 22.7 Å². The molecular weight excluding hydrogens is 324 g/mol. The molecule has 1 heterocycles. The molecule has 1 aliphatic heterocycles. The Hall–Kier alpha value is -1.88. The van der Waals surface area contributed by atoms with Gasteiger partial charge in [0.05, 0.1) is 19.3 Å². The molecule has 0 aromatic heterocycles. The minimum atomic E-state index is 0.179. The van der Waals surface area contributed by atoms with E-state index in [2.05, 4.69) is 72.6 Å². The van der Waals surface area contributed by atoms with Crippen molar-refractivity contribution in [1.29, 1.82) is 0 Å². The third-order valence-electron chi connectivity index (χ3n) is 4.74. The van der Waals surface area contributed by atoms with Crippen LogP contribution in [-0.4, -0.2) is 50.9 Å². The first kappa shape index (κ1) is 18.9. The number of nitrogens with one attached hydrogen (secondary N) is 1. The van der Waals surface area contributed by atoms with E-state index >= 15 is 0 Å². The van der Waals surface area contributed by atoms with Crippen LogP contribution in [0.3, 0.4) is 0 Å². The van der Waals surface area contributed by atoms with Crippen LogP contribution < -0.4 is 10.1 Å². The second-order valence-electron chi connectivity index (χ2n) is 7.01. The maximum atomic E-state index is 6.13. The van der Waals surface area contributed by atoms with E-state index in [1.54, 1.807) is 0 Å². The molecule has 26 heavy (non-hydrogen) atoms. The molecule has 1 N–H and O–H groups in total. The molecule has 1 saturated heterocycles. The molecule has 2 aromatic carbocycles. The predicted octanol–water partition coefficient (Wildman–Crippen LogP) is 3.35. The number of aryl methyl sites for hydroxylation is 2. The highest BCUT2D eigenvalue weighted by Gasteiger charge is 2.14. The van der Waals surface area contributed by atoms with Gasteiger partial charge in [0.15, 0.2) is 0 Å². The molecule has 0 saturated carbocycles. The minimum absolute atomic E-state index is 0.179. The molecule has 0 spiro atoms. The Morgan fingerprint density at radius 3 is 2.42 bits per heavy atom. The summed E-state index contributed by atoms with van der Waals surface area (Å²) in [6, 6.07) is 17.1. The highest BCUT2D eigenvalue weighted by molar-refractivity contribution is 5.33. The normalized spacial score (nSPS) is 16.4. The van der Waals surface area contributed by atoms with Crippen molar-refractivity contribution < 1.29 is 9.47 Å². The van der Waals surface area contributed by atoms with Gasteiger partial charge in [0.2, 0.25) is 0 Å². The summed E-state index contributed by atoms with van der Waals surface area (Å²) in [5.41, 5.74) is 3.73. The van der Waals surface area contributed by atoms with E-state index in [4.69, 9.17) is 9.47 Å². The van der Waals surface area contributed by atoms with Gasteiger partial charge in [-0.25, -0.2) is 0 Å². The molecule has 4 nitrogen and oxygen atoms in total. The summed E-state index contributed by atoms with van der Waals surface area (Å²) in [7, 11) is 0. The van der Waals surface area contributed by atoms with Gasteiger partial charge in [-0.3, -0.25) is 4.90 Å². The van der Waals surface area contributed by atoms with Crippen molar-refractivity contribution >= 4 is 0 Å². The van der Waals surface area contributed by atoms with Crippen LogP contribution in [0.2, 0.25) is 0 Å². The lowest BCUT2D eigenvalue weighted by atomic mass is 10.1. The van der Waals surface area contributed by atoms with Crippen LogP contribution in [-0.2, 0) is 4.74 Å². The van der Waals surface area contributed by atoms with Crippen LogP contribution in [0.15, 0.2) is 48.5 Å². The third-order valence-corrected chi connectivity index (χ3v) is 4.74. The molecule has 2 aromatic rings. The van der Waals surface area contributed by atoms with Crippen molar-refractivity contribution in [3.8, 4) is 5.75 Å². The summed E-state index contributed by atoms with van der Waals surface area (Å²) < 4.78 is 11.6. The molecule has 140 valence electrons. The summed E-state index contributed by atoms with van der Waals surface area (Å²) in [5, 5.41) is 3.68. The lowest BCUT2D eigenvalue weighted by Crippen LogP contribution is -2.41. The molecule has 1 aliphatic rings. The molecule has 4 heteroatoms. The maximum Gasteiger partial charge on any atom is 0.119 e. The molecule has 3 rings (SSSR count). The van der Waals surface area contributed by atoms with Gasteiger partial charge in [0, 0.05) is 26.2 Å². The smallest absolute Gasteiger partial charge is 0.119 e. The lowest BCUT2D eigenvalue weighted by molar-refractivity contribution is 0.0379. The highest BCUT2D eigenvalue weighted by atomic mass is 16.5. The summed E-state index contributed by atoms with van der Waals surface area (Å²) >= 11 is 0. The van der Waals surface area contributed by atoms with Crippen molar-refractivity contribution in [3.63, 3.8) is 0 Å². The van der Waals surface area contributed by atoms with E-state index in [1.165, 1.54) is 16.7 Å². The SMILES string of the molecule is Cc1cc(C)cc(OCC(NCCN2CCOCC2)c2ccccc2)c1. The second kappa shape index (κ2) is 9.72. The summed E-state index contributed by atoms with van der Waals surface area (Å²) in [6.45, 7) is 10.6. The van der Waals surface area contributed by atoms with Crippen LogP contribution in [0.25, 0.3) is 0 Å². The molecule has 0 bridgehead atoms. The summed E-state index contributed by atoms with van der Waals surface area (Å²) in [6.07, 6.45) is 0. The van der Waals surface area contributed by atoms with Crippen molar-refractivity contribution in [2.75, 3.05) is 46.0 Å². The molecule has 1 atom stereocenters. The van der Waals surface area contributed by atoms with Gasteiger partial charge in [-0.05, 0) is 42.7 Å². The third kappa shape index (κ3) is 5.84. The van der Waals surface area contributed by atoms with E-state index in [9.17, 15) is 0 Å². The molecule has 0 aliphatic carbocycles. The van der Waals surface area contributed by atoms with E-state index in [-0.39, 0.29) is 6.04 Å². The largest absolute Gasteiger partial charge is 0.492 e. The van der Waals surface area contributed by atoms with Crippen molar-refractivity contribution in [2.24, 2.45) is 0 Å². The fourth-order valence-electron chi connectivity index (χ4n) is 3.38. The Bertz CT molecular complexity index is 649. The van der Waals surface area contributed by atoms with E-state index in [0.29, 0.717) is 6.61 Å². The highest BCUT2D eigenvalue weighted by Crippen LogP contribution is 2.19. The first-order chi connectivity index (χ1) is 12.7. The second-order valence-corrected chi connectivity index (χ2v) is 7.01. The minimum Gasteiger partial charge on any atom is -0.492 e. The topological polar surface area (TPSA) is 33.7 Å². The molecule has 0 amide bonds. The Morgan fingerprint density at radius 2 is 1.73 bits per heavy atom. The number of morpholine rings is 1. The van der Waals surface area contributed by atoms with E-state index in [1.807, 2.05) is 0 Å². The maximum absolute atomic E-state index is 6.13. The summed E-state index contributed by atoms with van der Waals surface area (Å²) in [5.74, 6) is 0.943. The number of hydrogen-bond acceptors (Lipinski definition) is 4. The average Bonchev–Trinajstić information content (AvgIpc) is 2.65. The number of hydrogen-bond donors (Lipinski definition) is 1. The number of rotatable bonds is 8. The fraction of sp³-hybridized carbons (Fsp3) is 0.455. The molecule has 1 unspecified atom stereocenters. The van der Waals surface area contributed by atoms with Crippen molar-refractivity contribution in [3.05, 3.63) is 65.2 Å². The number of benzene rings is 2. The van der Waals surface area contributed by atoms with Gasteiger partial charge in [-0.1, -0.05) is 36.4 Å². The number of ether oxygens (including phenoxy) is 2. The van der Waals surface area contributed by atoms with E-state index in [0.717, 1.165) is 45.1 Å². The molecular formula is C22H30N2O2. The Kier molecular flexibility index (Phi) is 7.06. The van der Waals surface area contributed by atoms with Gasteiger partial charge in [0.1, 0.15) is 12.4 Å². The zero-order chi connectivity index (χ0) is 18.2.